The zero-order valence-corrected chi connectivity index (χ0v) is 11.7. The average Bonchev–Trinajstić information content (AvgIpc) is 2.89. The topological polar surface area (TPSA) is 55.6 Å². The monoisotopic (exact) mass is 262 g/mol. The molecular weight excluding hydrogens is 240 g/mol. The molecule has 0 radical (unpaired) electrons. The maximum absolute atomic E-state index is 12.4. The largest absolute Gasteiger partial charge is 0.494 e. The number of carbonyl (C=O) groups excluding carboxylic acids is 1. The summed E-state index contributed by atoms with van der Waals surface area (Å²) < 4.78 is 5.54. The van der Waals surface area contributed by atoms with Crippen LogP contribution in [0.3, 0.4) is 0 Å². The molecule has 0 bridgehead atoms. The van der Waals surface area contributed by atoms with Crippen LogP contribution in [-0.4, -0.2) is 37.0 Å². The number of aryl methyl sites for hydroxylation is 1. The third kappa shape index (κ3) is 3.07. The molecule has 19 heavy (non-hydrogen) atoms. The fraction of sp³-hybridized carbons (Fsp3) is 0.533. The summed E-state index contributed by atoms with van der Waals surface area (Å²) in [6, 6.07) is 5.65. The molecule has 2 rings (SSSR count). The van der Waals surface area contributed by atoms with Gasteiger partial charge in [-0.2, -0.15) is 0 Å². The lowest BCUT2D eigenvalue weighted by atomic mass is 10.1. The molecule has 0 aliphatic carbocycles. The van der Waals surface area contributed by atoms with Gasteiger partial charge in [0.25, 0.3) is 5.91 Å². The van der Waals surface area contributed by atoms with Crippen LogP contribution in [0.2, 0.25) is 0 Å². The second kappa shape index (κ2) is 6.06. The van der Waals surface area contributed by atoms with Crippen molar-refractivity contribution in [3.8, 4) is 5.75 Å². The fourth-order valence-corrected chi connectivity index (χ4v) is 2.44. The van der Waals surface area contributed by atoms with Crippen molar-refractivity contribution in [2.75, 3.05) is 26.2 Å². The summed E-state index contributed by atoms with van der Waals surface area (Å²) in [5.74, 6) is 1.32. The molecule has 1 saturated heterocycles. The zero-order valence-electron chi connectivity index (χ0n) is 11.7. The first kappa shape index (κ1) is 13.9. The molecule has 0 spiro atoms. The first-order valence-corrected chi connectivity index (χ1v) is 6.88. The van der Waals surface area contributed by atoms with Gasteiger partial charge in [0, 0.05) is 18.7 Å². The molecule has 0 saturated carbocycles. The van der Waals surface area contributed by atoms with Gasteiger partial charge in [0.1, 0.15) is 5.75 Å². The Bertz CT molecular complexity index is 459. The van der Waals surface area contributed by atoms with Gasteiger partial charge in [-0.05, 0) is 50.4 Å². The maximum Gasteiger partial charge on any atom is 0.253 e. The molecule has 4 nitrogen and oxygen atoms in total. The van der Waals surface area contributed by atoms with Crippen molar-refractivity contribution < 1.29 is 9.53 Å². The molecule has 0 aromatic heterocycles. The van der Waals surface area contributed by atoms with Crippen LogP contribution in [0.15, 0.2) is 18.2 Å². The highest BCUT2D eigenvalue weighted by Gasteiger charge is 2.26. The van der Waals surface area contributed by atoms with E-state index in [1.54, 1.807) is 0 Å². The predicted octanol–water partition coefficient (Wildman–Crippen LogP) is 1.81. The van der Waals surface area contributed by atoms with E-state index in [1.165, 1.54) is 0 Å². The summed E-state index contributed by atoms with van der Waals surface area (Å²) in [6.45, 7) is 6.77. The van der Waals surface area contributed by atoms with E-state index in [0.29, 0.717) is 24.6 Å². The van der Waals surface area contributed by atoms with E-state index in [1.807, 2.05) is 36.9 Å². The number of hydrogen-bond donors (Lipinski definition) is 1. The van der Waals surface area contributed by atoms with E-state index in [2.05, 4.69) is 0 Å². The minimum absolute atomic E-state index is 0.0805. The van der Waals surface area contributed by atoms with Gasteiger partial charge >= 0.3 is 0 Å². The molecule has 1 amide bonds. The first-order chi connectivity index (χ1) is 9.15. The molecule has 1 heterocycles. The normalized spacial score (nSPS) is 18.7. The predicted molar refractivity (Wildman–Crippen MR) is 75.4 cm³/mol. The number of amides is 1. The lowest BCUT2D eigenvalue weighted by molar-refractivity contribution is 0.0787. The Morgan fingerprint density at radius 3 is 2.95 bits per heavy atom. The summed E-state index contributed by atoms with van der Waals surface area (Å²) in [4.78, 5) is 14.3. The summed E-state index contributed by atoms with van der Waals surface area (Å²) >= 11 is 0. The summed E-state index contributed by atoms with van der Waals surface area (Å²) in [6.07, 6.45) is 1.01. The van der Waals surface area contributed by atoms with Crippen LogP contribution < -0.4 is 10.5 Å². The molecule has 1 unspecified atom stereocenters. The Hall–Kier alpha value is -1.55. The molecule has 1 aliphatic rings. The number of rotatable bonds is 4. The highest BCUT2D eigenvalue weighted by molar-refractivity contribution is 5.95. The van der Waals surface area contributed by atoms with Crippen molar-refractivity contribution in [2.24, 2.45) is 11.7 Å². The minimum atomic E-state index is 0.0805. The van der Waals surface area contributed by atoms with Gasteiger partial charge in [0.05, 0.1) is 6.61 Å². The second-order valence-electron chi connectivity index (χ2n) is 5.05. The Morgan fingerprint density at radius 2 is 2.32 bits per heavy atom. The molecule has 1 atom stereocenters. The zero-order chi connectivity index (χ0) is 13.8. The van der Waals surface area contributed by atoms with Gasteiger partial charge in [-0.3, -0.25) is 4.79 Å². The second-order valence-corrected chi connectivity index (χ2v) is 5.05. The number of nitrogens with two attached hydrogens (primary N) is 1. The van der Waals surface area contributed by atoms with Gasteiger partial charge in [-0.1, -0.05) is 6.07 Å². The molecule has 2 N–H and O–H groups in total. The highest BCUT2D eigenvalue weighted by Crippen LogP contribution is 2.23. The van der Waals surface area contributed by atoms with E-state index in [4.69, 9.17) is 10.5 Å². The van der Waals surface area contributed by atoms with Crippen molar-refractivity contribution in [1.82, 2.24) is 4.90 Å². The number of nitrogens with zero attached hydrogens (tertiary/aromatic N) is 1. The van der Waals surface area contributed by atoms with Crippen LogP contribution in [0.25, 0.3) is 0 Å². The average molecular weight is 262 g/mol. The van der Waals surface area contributed by atoms with Crippen LogP contribution in [0.4, 0.5) is 0 Å². The number of hydrogen-bond acceptors (Lipinski definition) is 3. The SMILES string of the molecule is CCOc1cc(C(=O)N2CCC(CN)C2)ccc1C. The van der Waals surface area contributed by atoms with Gasteiger partial charge < -0.3 is 15.4 Å². The number of benzene rings is 1. The lowest BCUT2D eigenvalue weighted by Gasteiger charge is -2.17. The van der Waals surface area contributed by atoms with Crippen molar-refractivity contribution in [1.29, 1.82) is 0 Å². The summed E-state index contributed by atoms with van der Waals surface area (Å²) in [5.41, 5.74) is 7.42. The number of ether oxygens (including phenoxy) is 1. The minimum Gasteiger partial charge on any atom is -0.494 e. The molecular formula is C15H22N2O2. The maximum atomic E-state index is 12.4. The van der Waals surface area contributed by atoms with Gasteiger partial charge in [0.15, 0.2) is 0 Å². The van der Waals surface area contributed by atoms with Crippen molar-refractivity contribution in [3.63, 3.8) is 0 Å². The number of carbonyl (C=O) groups is 1. The van der Waals surface area contributed by atoms with Gasteiger partial charge in [0.2, 0.25) is 0 Å². The van der Waals surface area contributed by atoms with Crippen molar-refractivity contribution in [3.05, 3.63) is 29.3 Å². The standard InChI is InChI=1S/C15H22N2O2/c1-3-19-14-8-13(5-4-11(14)2)15(18)17-7-6-12(9-16)10-17/h4-5,8,12H,3,6-7,9-10,16H2,1-2H3. The molecule has 1 fully saturated rings. The van der Waals surface area contributed by atoms with Crippen molar-refractivity contribution >= 4 is 5.91 Å². The summed E-state index contributed by atoms with van der Waals surface area (Å²) in [5, 5.41) is 0. The quantitative estimate of drug-likeness (QED) is 0.900. The van der Waals surface area contributed by atoms with E-state index in [0.717, 1.165) is 30.8 Å². The van der Waals surface area contributed by atoms with Crippen LogP contribution in [-0.2, 0) is 0 Å². The Morgan fingerprint density at radius 1 is 1.53 bits per heavy atom. The summed E-state index contributed by atoms with van der Waals surface area (Å²) in [7, 11) is 0. The smallest absolute Gasteiger partial charge is 0.253 e. The Kier molecular flexibility index (Phi) is 4.43. The third-order valence-electron chi connectivity index (χ3n) is 3.64. The third-order valence-corrected chi connectivity index (χ3v) is 3.64. The van der Waals surface area contributed by atoms with Gasteiger partial charge in [-0.15, -0.1) is 0 Å². The van der Waals surface area contributed by atoms with Crippen LogP contribution >= 0.6 is 0 Å². The van der Waals surface area contributed by atoms with Crippen LogP contribution in [0, 0.1) is 12.8 Å². The van der Waals surface area contributed by atoms with E-state index in [-0.39, 0.29) is 5.91 Å². The molecule has 1 aromatic rings. The molecule has 4 heteroatoms. The lowest BCUT2D eigenvalue weighted by Crippen LogP contribution is -2.29. The van der Waals surface area contributed by atoms with E-state index < -0.39 is 0 Å². The molecule has 104 valence electrons. The van der Waals surface area contributed by atoms with Crippen LogP contribution in [0.1, 0.15) is 29.3 Å². The Labute approximate surface area is 114 Å². The fourth-order valence-electron chi connectivity index (χ4n) is 2.44. The first-order valence-electron chi connectivity index (χ1n) is 6.88. The number of likely N-dealkylation sites (tertiary alicyclic amines) is 1. The van der Waals surface area contributed by atoms with Crippen molar-refractivity contribution in [2.45, 2.75) is 20.3 Å². The van der Waals surface area contributed by atoms with Gasteiger partial charge in [-0.25, -0.2) is 0 Å². The van der Waals surface area contributed by atoms with E-state index >= 15 is 0 Å². The Balaban J connectivity index is 2.13. The van der Waals surface area contributed by atoms with E-state index in [9.17, 15) is 4.79 Å². The highest BCUT2D eigenvalue weighted by atomic mass is 16.5. The molecule has 1 aliphatic heterocycles. The molecule has 1 aromatic carbocycles. The van der Waals surface area contributed by atoms with Crippen LogP contribution in [0.5, 0.6) is 5.75 Å².